The molecule has 0 atom stereocenters. The maximum absolute atomic E-state index is 13.2. The molecule has 0 N–H and O–H groups in total. The Kier molecular flexibility index (Phi) is 5.91. The molecule has 3 heterocycles. The van der Waals surface area contributed by atoms with Gasteiger partial charge < -0.3 is 14.4 Å². The van der Waals surface area contributed by atoms with Crippen molar-refractivity contribution < 1.29 is 9.18 Å². The number of fused-ring (bicyclic) bond motifs is 1. The second-order valence-corrected chi connectivity index (χ2v) is 8.09. The second-order valence-electron chi connectivity index (χ2n) is 8.09. The minimum Gasteiger partial charge on any atom is -0.343 e. The molecular formula is C23H28FN5O2. The first-order valence-corrected chi connectivity index (χ1v) is 10.7. The second kappa shape index (κ2) is 8.63. The summed E-state index contributed by atoms with van der Waals surface area (Å²) in [5.74, 6) is -0.354. The number of aromatic nitrogens is 3. The van der Waals surface area contributed by atoms with E-state index in [1.165, 1.54) is 16.8 Å². The van der Waals surface area contributed by atoms with Crippen molar-refractivity contribution in [2.75, 3.05) is 32.7 Å². The minimum absolute atomic E-state index is 0.0530. The average molecular weight is 426 g/mol. The van der Waals surface area contributed by atoms with E-state index in [2.05, 4.69) is 16.9 Å². The SMILES string of the molecule is CCN1CCN(C(=O)Cn2ncc3c(C)n(Cc4ccc(F)cc4)c(C)c3c2=O)CC1. The number of likely N-dealkylation sites (N-methyl/N-ethyl adjacent to an activating group) is 1. The molecule has 2 aromatic heterocycles. The lowest BCUT2D eigenvalue weighted by Crippen LogP contribution is -2.49. The first kappa shape index (κ1) is 21.2. The van der Waals surface area contributed by atoms with Crippen molar-refractivity contribution >= 4 is 16.7 Å². The first-order chi connectivity index (χ1) is 14.9. The third-order valence-corrected chi connectivity index (χ3v) is 6.32. The summed E-state index contributed by atoms with van der Waals surface area (Å²) in [5, 5.41) is 5.65. The molecule has 1 saturated heterocycles. The normalized spacial score (nSPS) is 15.0. The largest absolute Gasteiger partial charge is 0.343 e. The molecule has 8 heteroatoms. The van der Waals surface area contributed by atoms with Gasteiger partial charge in [-0.05, 0) is 38.1 Å². The highest BCUT2D eigenvalue weighted by Crippen LogP contribution is 2.23. The van der Waals surface area contributed by atoms with Gasteiger partial charge in [-0.15, -0.1) is 0 Å². The summed E-state index contributed by atoms with van der Waals surface area (Å²) in [7, 11) is 0. The van der Waals surface area contributed by atoms with E-state index >= 15 is 0 Å². The van der Waals surface area contributed by atoms with E-state index < -0.39 is 0 Å². The van der Waals surface area contributed by atoms with Gasteiger partial charge in [-0.25, -0.2) is 9.07 Å². The number of carbonyl (C=O) groups excluding carboxylic acids is 1. The molecule has 1 amide bonds. The predicted molar refractivity (Wildman–Crippen MR) is 118 cm³/mol. The molecule has 1 aromatic carbocycles. The zero-order valence-electron chi connectivity index (χ0n) is 18.3. The number of hydrogen-bond acceptors (Lipinski definition) is 4. The van der Waals surface area contributed by atoms with Crippen LogP contribution in [-0.2, 0) is 17.9 Å². The van der Waals surface area contributed by atoms with Crippen LogP contribution in [0.15, 0.2) is 35.3 Å². The van der Waals surface area contributed by atoms with Gasteiger partial charge >= 0.3 is 0 Å². The zero-order chi connectivity index (χ0) is 22.1. The van der Waals surface area contributed by atoms with Crippen LogP contribution in [0, 0.1) is 19.7 Å². The van der Waals surface area contributed by atoms with Crippen LogP contribution in [0.25, 0.3) is 10.8 Å². The Hall–Kier alpha value is -3.00. The van der Waals surface area contributed by atoms with Crippen molar-refractivity contribution in [3.63, 3.8) is 0 Å². The molecular weight excluding hydrogens is 397 g/mol. The average Bonchev–Trinajstić information content (AvgIpc) is 3.02. The number of aryl methyl sites for hydroxylation is 2. The van der Waals surface area contributed by atoms with Crippen molar-refractivity contribution in [1.82, 2.24) is 24.1 Å². The number of amides is 1. The highest BCUT2D eigenvalue weighted by molar-refractivity contribution is 5.87. The maximum atomic E-state index is 13.2. The molecule has 4 rings (SSSR count). The fourth-order valence-electron chi connectivity index (χ4n) is 4.31. The van der Waals surface area contributed by atoms with Gasteiger partial charge in [-0.3, -0.25) is 9.59 Å². The summed E-state index contributed by atoms with van der Waals surface area (Å²) in [5.41, 5.74) is 2.44. The third kappa shape index (κ3) is 4.12. The van der Waals surface area contributed by atoms with Crippen LogP contribution in [0.4, 0.5) is 4.39 Å². The summed E-state index contributed by atoms with van der Waals surface area (Å²) in [6, 6.07) is 6.35. The molecule has 7 nitrogen and oxygen atoms in total. The highest BCUT2D eigenvalue weighted by atomic mass is 19.1. The molecule has 0 aliphatic carbocycles. The number of halogens is 1. The predicted octanol–water partition coefficient (Wildman–Crippen LogP) is 2.17. The molecule has 0 unspecified atom stereocenters. The van der Waals surface area contributed by atoms with Gasteiger partial charge in [0, 0.05) is 49.5 Å². The summed E-state index contributed by atoms with van der Waals surface area (Å²) in [6.07, 6.45) is 1.67. The van der Waals surface area contributed by atoms with Crippen molar-refractivity contribution in [2.24, 2.45) is 0 Å². The Bertz CT molecular complexity index is 1160. The molecule has 1 aliphatic rings. The third-order valence-electron chi connectivity index (χ3n) is 6.32. The van der Waals surface area contributed by atoms with E-state index in [1.807, 2.05) is 23.3 Å². The summed E-state index contributed by atoms with van der Waals surface area (Å²) < 4.78 is 16.5. The van der Waals surface area contributed by atoms with Gasteiger partial charge in [0.15, 0.2) is 0 Å². The van der Waals surface area contributed by atoms with Gasteiger partial charge in [0.1, 0.15) is 12.4 Å². The number of rotatable bonds is 5. The molecule has 1 aliphatic heterocycles. The highest BCUT2D eigenvalue weighted by Gasteiger charge is 2.22. The van der Waals surface area contributed by atoms with Gasteiger partial charge in [-0.1, -0.05) is 19.1 Å². The monoisotopic (exact) mass is 425 g/mol. The summed E-state index contributed by atoms with van der Waals surface area (Å²) in [6.45, 7) is 10.5. The topological polar surface area (TPSA) is 63.4 Å². The van der Waals surface area contributed by atoms with Gasteiger partial charge in [0.05, 0.1) is 11.6 Å². The molecule has 0 bridgehead atoms. The fraction of sp³-hybridized carbons (Fsp3) is 0.435. The number of nitrogens with zero attached hydrogens (tertiary/aromatic N) is 5. The number of hydrogen-bond donors (Lipinski definition) is 0. The van der Waals surface area contributed by atoms with Crippen molar-refractivity contribution in [3.05, 3.63) is 63.6 Å². The van der Waals surface area contributed by atoms with Gasteiger partial charge in [0.2, 0.25) is 5.91 Å². The number of benzene rings is 1. The van der Waals surface area contributed by atoms with E-state index in [-0.39, 0.29) is 23.8 Å². The minimum atomic E-state index is -0.275. The lowest BCUT2D eigenvalue weighted by molar-refractivity contribution is -0.133. The lowest BCUT2D eigenvalue weighted by Gasteiger charge is -2.34. The Morgan fingerprint density at radius 3 is 2.39 bits per heavy atom. The Balaban J connectivity index is 1.60. The van der Waals surface area contributed by atoms with Crippen LogP contribution in [-0.4, -0.2) is 62.8 Å². The fourth-order valence-corrected chi connectivity index (χ4v) is 4.31. The molecule has 164 valence electrons. The maximum Gasteiger partial charge on any atom is 0.276 e. The number of piperazine rings is 1. The van der Waals surface area contributed by atoms with Gasteiger partial charge in [0.25, 0.3) is 5.56 Å². The molecule has 0 radical (unpaired) electrons. The van der Waals surface area contributed by atoms with Crippen LogP contribution in [0.3, 0.4) is 0 Å². The molecule has 3 aromatic rings. The van der Waals surface area contributed by atoms with E-state index in [0.29, 0.717) is 25.0 Å². The molecule has 1 fully saturated rings. The van der Waals surface area contributed by atoms with E-state index in [9.17, 15) is 14.0 Å². The van der Waals surface area contributed by atoms with E-state index in [4.69, 9.17) is 0 Å². The van der Waals surface area contributed by atoms with Crippen LogP contribution in [0.1, 0.15) is 23.9 Å². The summed E-state index contributed by atoms with van der Waals surface area (Å²) >= 11 is 0. The van der Waals surface area contributed by atoms with E-state index in [1.54, 1.807) is 18.3 Å². The van der Waals surface area contributed by atoms with Crippen molar-refractivity contribution in [2.45, 2.75) is 33.9 Å². The molecule has 0 saturated carbocycles. The lowest BCUT2D eigenvalue weighted by atomic mass is 10.2. The van der Waals surface area contributed by atoms with Crippen LogP contribution < -0.4 is 5.56 Å². The Morgan fingerprint density at radius 1 is 1.06 bits per heavy atom. The summed E-state index contributed by atoms with van der Waals surface area (Å²) in [4.78, 5) is 30.0. The van der Waals surface area contributed by atoms with Crippen molar-refractivity contribution in [3.8, 4) is 0 Å². The van der Waals surface area contributed by atoms with Gasteiger partial charge in [-0.2, -0.15) is 5.10 Å². The standard InChI is InChI=1S/C23H28FN5O2/c1-4-26-9-11-27(12-10-26)21(30)15-29-23(31)22-17(3)28(16(2)20(22)13-25-29)14-18-5-7-19(24)8-6-18/h5-8,13H,4,9-12,14-15H2,1-3H3. The van der Waals surface area contributed by atoms with E-state index in [0.717, 1.165) is 42.0 Å². The molecule has 0 spiro atoms. The van der Waals surface area contributed by atoms with Crippen LogP contribution >= 0.6 is 0 Å². The number of carbonyl (C=O) groups is 1. The first-order valence-electron chi connectivity index (χ1n) is 10.7. The molecule has 31 heavy (non-hydrogen) atoms. The zero-order valence-corrected chi connectivity index (χ0v) is 18.3. The quantitative estimate of drug-likeness (QED) is 0.629. The van der Waals surface area contributed by atoms with Crippen LogP contribution in [0.5, 0.6) is 0 Å². The van der Waals surface area contributed by atoms with Crippen LogP contribution in [0.2, 0.25) is 0 Å². The van der Waals surface area contributed by atoms with Crippen molar-refractivity contribution in [1.29, 1.82) is 0 Å². The Labute approximate surface area is 180 Å². The Morgan fingerprint density at radius 2 is 1.74 bits per heavy atom. The smallest absolute Gasteiger partial charge is 0.276 e.